The van der Waals surface area contributed by atoms with Crippen LogP contribution in [0.25, 0.3) is 0 Å². The highest BCUT2D eigenvalue weighted by Crippen LogP contribution is 2.28. The SMILES string of the molecule is CNC(C)(C)C(=O)NCC1CCC(C(=O)O)CC1. The van der Waals surface area contributed by atoms with E-state index in [4.69, 9.17) is 5.11 Å². The number of hydrogen-bond acceptors (Lipinski definition) is 3. The molecular formula is C13H24N2O3. The van der Waals surface area contributed by atoms with Crippen LogP contribution in [0.1, 0.15) is 39.5 Å². The second-order valence-electron chi connectivity index (χ2n) is 5.64. The van der Waals surface area contributed by atoms with E-state index in [2.05, 4.69) is 10.6 Å². The molecule has 5 heteroatoms. The number of carbonyl (C=O) groups is 2. The number of hydrogen-bond donors (Lipinski definition) is 3. The second kappa shape index (κ2) is 6.18. The van der Waals surface area contributed by atoms with E-state index >= 15 is 0 Å². The van der Waals surface area contributed by atoms with Gasteiger partial charge in [-0.2, -0.15) is 0 Å². The number of amides is 1. The lowest BCUT2D eigenvalue weighted by atomic mass is 9.82. The van der Waals surface area contributed by atoms with Crippen molar-refractivity contribution < 1.29 is 14.7 Å². The lowest BCUT2D eigenvalue weighted by Gasteiger charge is -2.28. The van der Waals surface area contributed by atoms with Gasteiger partial charge in [-0.25, -0.2) is 0 Å². The van der Waals surface area contributed by atoms with E-state index in [0.29, 0.717) is 12.5 Å². The Balaban J connectivity index is 2.30. The van der Waals surface area contributed by atoms with Crippen molar-refractivity contribution in [3.63, 3.8) is 0 Å². The summed E-state index contributed by atoms with van der Waals surface area (Å²) in [7, 11) is 1.76. The summed E-state index contributed by atoms with van der Waals surface area (Å²) in [4.78, 5) is 22.7. The Morgan fingerprint density at radius 3 is 2.22 bits per heavy atom. The lowest BCUT2D eigenvalue weighted by molar-refractivity contribution is -0.143. The molecule has 18 heavy (non-hydrogen) atoms. The Morgan fingerprint density at radius 1 is 1.22 bits per heavy atom. The van der Waals surface area contributed by atoms with Crippen LogP contribution in [0.15, 0.2) is 0 Å². The van der Waals surface area contributed by atoms with Gasteiger partial charge in [0.05, 0.1) is 11.5 Å². The van der Waals surface area contributed by atoms with Gasteiger partial charge in [0, 0.05) is 6.54 Å². The van der Waals surface area contributed by atoms with Gasteiger partial charge in [0.25, 0.3) is 0 Å². The van der Waals surface area contributed by atoms with E-state index in [1.807, 2.05) is 13.8 Å². The fourth-order valence-electron chi connectivity index (χ4n) is 2.19. The fourth-order valence-corrected chi connectivity index (χ4v) is 2.19. The third-order valence-corrected chi connectivity index (χ3v) is 3.94. The van der Waals surface area contributed by atoms with Crippen molar-refractivity contribution in [3.05, 3.63) is 0 Å². The molecule has 0 unspecified atom stereocenters. The summed E-state index contributed by atoms with van der Waals surface area (Å²) in [6, 6.07) is 0. The summed E-state index contributed by atoms with van der Waals surface area (Å²) in [6.07, 6.45) is 3.23. The number of carboxylic acid groups (broad SMARTS) is 1. The van der Waals surface area contributed by atoms with Gasteiger partial charge in [0.2, 0.25) is 5.91 Å². The van der Waals surface area contributed by atoms with Crippen LogP contribution in [0.4, 0.5) is 0 Å². The molecule has 0 radical (unpaired) electrons. The van der Waals surface area contributed by atoms with Crippen LogP contribution in [-0.4, -0.2) is 36.1 Å². The van der Waals surface area contributed by atoms with Gasteiger partial charge in [0.15, 0.2) is 0 Å². The van der Waals surface area contributed by atoms with Crippen molar-refractivity contribution >= 4 is 11.9 Å². The Kier molecular flexibility index (Phi) is 5.14. The first kappa shape index (κ1) is 15.0. The highest BCUT2D eigenvalue weighted by Gasteiger charge is 2.28. The van der Waals surface area contributed by atoms with Gasteiger partial charge < -0.3 is 15.7 Å². The van der Waals surface area contributed by atoms with Crippen LogP contribution in [0, 0.1) is 11.8 Å². The molecule has 0 aromatic heterocycles. The topological polar surface area (TPSA) is 78.4 Å². The van der Waals surface area contributed by atoms with Gasteiger partial charge >= 0.3 is 5.97 Å². The number of nitrogens with one attached hydrogen (secondary N) is 2. The Bertz CT molecular complexity index is 307. The van der Waals surface area contributed by atoms with Crippen LogP contribution in [-0.2, 0) is 9.59 Å². The molecule has 1 fully saturated rings. The zero-order valence-corrected chi connectivity index (χ0v) is 11.5. The predicted octanol–water partition coefficient (Wildman–Crippen LogP) is 0.992. The minimum atomic E-state index is -0.686. The lowest BCUT2D eigenvalue weighted by Crippen LogP contribution is -2.52. The van der Waals surface area contributed by atoms with Gasteiger partial charge in [0.1, 0.15) is 0 Å². The van der Waals surface area contributed by atoms with E-state index in [-0.39, 0.29) is 11.8 Å². The van der Waals surface area contributed by atoms with Gasteiger partial charge in [-0.1, -0.05) is 0 Å². The minimum Gasteiger partial charge on any atom is -0.481 e. The van der Waals surface area contributed by atoms with Crippen molar-refractivity contribution in [2.24, 2.45) is 11.8 Å². The maximum absolute atomic E-state index is 11.8. The normalized spacial score (nSPS) is 24.6. The quantitative estimate of drug-likeness (QED) is 0.685. The van der Waals surface area contributed by atoms with Crippen LogP contribution in [0.5, 0.6) is 0 Å². The molecule has 104 valence electrons. The zero-order valence-electron chi connectivity index (χ0n) is 11.5. The van der Waals surface area contributed by atoms with E-state index in [1.54, 1.807) is 7.05 Å². The molecule has 0 bridgehead atoms. The van der Waals surface area contributed by atoms with Crippen molar-refractivity contribution in [2.75, 3.05) is 13.6 Å². The van der Waals surface area contributed by atoms with Crippen LogP contribution < -0.4 is 10.6 Å². The Morgan fingerprint density at radius 2 is 1.78 bits per heavy atom. The van der Waals surface area contributed by atoms with E-state index in [1.165, 1.54) is 0 Å². The molecule has 1 amide bonds. The molecule has 0 atom stereocenters. The molecule has 1 aliphatic carbocycles. The molecular weight excluding hydrogens is 232 g/mol. The predicted molar refractivity (Wildman–Crippen MR) is 69.2 cm³/mol. The third kappa shape index (κ3) is 3.98. The molecule has 1 rings (SSSR count). The summed E-state index contributed by atoms with van der Waals surface area (Å²) in [5.41, 5.74) is -0.557. The van der Waals surface area contributed by atoms with Crippen molar-refractivity contribution in [3.8, 4) is 0 Å². The first-order valence-corrected chi connectivity index (χ1v) is 6.57. The Hall–Kier alpha value is -1.10. The molecule has 3 N–H and O–H groups in total. The van der Waals surface area contributed by atoms with Gasteiger partial charge in [-0.3, -0.25) is 9.59 Å². The van der Waals surface area contributed by atoms with Gasteiger partial charge in [-0.05, 0) is 52.5 Å². The third-order valence-electron chi connectivity index (χ3n) is 3.94. The molecule has 0 heterocycles. The summed E-state index contributed by atoms with van der Waals surface area (Å²) < 4.78 is 0. The average molecular weight is 256 g/mol. The number of carbonyl (C=O) groups excluding carboxylic acids is 1. The molecule has 0 aromatic carbocycles. The Labute approximate surface area is 108 Å². The van der Waals surface area contributed by atoms with Crippen molar-refractivity contribution in [1.29, 1.82) is 0 Å². The maximum Gasteiger partial charge on any atom is 0.306 e. The van der Waals surface area contributed by atoms with Crippen LogP contribution >= 0.6 is 0 Å². The zero-order chi connectivity index (χ0) is 13.8. The molecule has 1 aliphatic rings. The number of aliphatic carboxylic acids is 1. The largest absolute Gasteiger partial charge is 0.481 e. The summed E-state index contributed by atoms with van der Waals surface area (Å²) in [5.74, 6) is -0.470. The monoisotopic (exact) mass is 256 g/mol. The smallest absolute Gasteiger partial charge is 0.306 e. The van der Waals surface area contributed by atoms with Crippen LogP contribution in [0.3, 0.4) is 0 Å². The first-order chi connectivity index (χ1) is 8.36. The molecule has 5 nitrogen and oxygen atoms in total. The molecule has 1 saturated carbocycles. The van der Waals surface area contributed by atoms with E-state index in [0.717, 1.165) is 25.7 Å². The second-order valence-corrected chi connectivity index (χ2v) is 5.64. The maximum atomic E-state index is 11.8. The summed E-state index contributed by atoms with van der Waals surface area (Å²) in [6.45, 7) is 4.32. The minimum absolute atomic E-state index is 0.00893. The van der Waals surface area contributed by atoms with Crippen LogP contribution in [0.2, 0.25) is 0 Å². The van der Waals surface area contributed by atoms with E-state index < -0.39 is 11.5 Å². The van der Waals surface area contributed by atoms with Crippen molar-refractivity contribution in [2.45, 2.75) is 45.1 Å². The van der Waals surface area contributed by atoms with Crippen molar-refractivity contribution in [1.82, 2.24) is 10.6 Å². The number of carboxylic acids is 1. The molecule has 0 aromatic rings. The van der Waals surface area contributed by atoms with Gasteiger partial charge in [-0.15, -0.1) is 0 Å². The first-order valence-electron chi connectivity index (χ1n) is 6.57. The van der Waals surface area contributed by atoms with E-state index in [9.17, 15) is 9.59 Å². The highest BCUT2D eigenvalue weighted by molar-refractivity contribution is 5.85. The molecule has 0 saturated heterocycles. The number of likely N-dealkylation sites (N-methyl/N-ethyl adjacent to an activating group) is 1. The molecule has 0 spiro atoms. The standard InChI is InChI=1S/C13H24N2O3/c1-13(2,14-3)12(18)15-8-9-4-6-10(7-5-9)11(16)17/h9-10,14H,4-8H2,1-3H3,(H,15,18)(H,16,17). The summed E-state index contributed by atoms with van der Waals surface area (Å²) in [5, 5.41) is 14.8. The summed E-state index contributed by atoms with van der Waals surface area (Å²) >= 11 is 0. The molecule has 0 aliphatic heterocycles. The average Bonchev–Trinajstić information content (AvgIpc) is 2.36. The number of rotatable bonds is 5. The fraction of sp³-hybridized carbons (Fsp3) is 0.846. The highest BCUT2D eigenvalue weighted by atomic mass is 16.4.